The molecule has 1 N–H and O–H groups in total. The molecule has 24 heavy (non-hydrogen) atoms. The smallest absolute Gasteiger partial charge is 0.250 e. The number of hydrogen-bond acceptors (Lipinski definition) is 2. The van der Waals surface area contributed by atoms with Crippen molar-refractivity contribution in [3.05, 3.63) is 54.1 Å². The average molecular weight is 343 g/mol. The van der Waals surface area contributed by atoms with Gasteiger partial charge in [-0.3, -0.25) is 0 Å². The van der Waals surface area contributed by atoms with Gasteiger partial charge < -0.3 is 9.53 Å². The fraction of sp³-hybridized carbons (Fsp3) is 0.429. The highest BCUT2D eigenvalue weighted by atomic mass is 28.4. The molecule has 0 saturated heterocycles. The van der Waals surface area contributed by atoms with Gasteiger partial charge in [0.25, 0.3) is 0 Å². The minimum atomic E-state index is -1.83. The summed E-state index contributed by atoms with van der Waals surface area (Å²) >= 11 is 0. The number of benzene rings is 2. The highest BCUT2D eigenvalue weighted by Gasteiger charge is 2.38. The van der Waals surface area contributed by atoms with Crippen molar-refractivity contribution in [2.45, 2.75) is 58.4 Å². The summed E-state index contributed by atoms with van der Waals surface area (Å²) in [5, 5.41) is 10.1. The lowest BCUT2D eigenvalue weighted by molar-refractivity contribution is 0.173. The SMILES string of the molecule is CCC(O)c1ccc(-c2cccc(O[Si](C)(C)C(C)(C)C)c2)cc1. The summed E-state index contributed by atoms with van der Waals surface area (Å²) in [5.74, 6) is 0.941. The van der Waals surface area contributed by atoms with Gasteiger partial charge in [-0.15, -0.1) is 0 Å². The van der Waals surface area contributed by atoms with Gasteiger partial charge in [-0.2, -0.15) is 0 Å². The standard InChI is InChI=1S/C21H30O2Si/c1-7-20(22)17-13-11-16(12-14-17)18-9-8-10-19(15-18)23-24(5,6)21(2,3)4/h8-15,20,22H,7H2,1-6H3. The summed E-state index contributed by atoms with van der Waals surface area (Å²) in [6.45, 7) is 13.3. The Morgan fingerprint density at radius 1 is 1.00 bits per heavy atom. The van der Waals surface area contributed by atoms with Gasteiger partial charge in [0.05, 0.1) is 6.10 Å². The Hall–Kier alpha value is -1.58. The summed E-state index contributed by atoms with van der Waals surface area (Å²) in [6.07, 6.45) is 0.349. The van der Waals surface area contributed by atoms with Crippen LogP contribution in [0.3, 0.4) is 0 Å². The lowest BCUT2D eigenvalue weighted by atomic mass is 10.0. The van der Waals surface area contributed by atoms with E-state index in [-0.39, 0.29) is 11.1 Å². The molecule has 0 spiro atoms. The fourth-order valence-corrected chi connectivity index (χ4v) is 3.34. The highest BCUT2D eigenvalue weighted by Crippen LogP contribution is 2.38. The van der Waals surface area contributed by atoms with E-state index >= 15 is 0 Å². The van der Waals surface area contributed by atoms with Crippen molar-refractivity contribution in [1.29, 1.82) is 0 Å². The third-order valence-corrected chi connectivity index (χ3v) is 9.39. The molecule has 2 rings (SSSR count). The summed E-state index contributed by atoms with van der Waals surface area (Å²) in [7, 11) is -1.83. The Morgan fingerprint density at radius 3 is 2.17 bits per heavy atom. The Labute approximate surface area is 147 Å². The molecule has 0 heterocycles. The van der Waals surface area contributed by atoms with Gasteiger partial charge in [0.1, 0.15) is 5.75 Å². The molecular weight excluding hydrogens is 312 g/mol. The van der Waals surface area contributed by atoms with Gasteiger partial charge in [0.15, 0.2) is 0 Å². The van der Waals surface area contributed by atoms with E-state index in [0.717, 1.165) is 28.9 Å². The van der Waals surface area contributed by atoms with Crippen molar-refractivity contribution in [2.75, 3.05) is 0 Å². The van der Waals surface area contributed by atoms with Crippen LogP contribution in [0.25, 0.3) is 11.1 Å². The quantitative estimate of drug-likeness (QED) is 0.657. The van der Waals surface area contributed by atoms with Crippen LogP contribution in [-0.4, -0.2) is 13.4 Å². The minimum absolute atomic E-state index is 0.181. The molecule has 0 radical (unpaired) electrons. The van der Waals surface area contributed by atoms with Gasteiger partial charge in [-0.05, 0) is 53.4 Å². The molecule has 0 amide bonds. The fourth-order valence-electron chi connectivity index (χ4n) is 2.32. The predicted octanol–water partition coefficient (Wildman–Crippen LogP) is 6.18. The van der Waals surface area contributed by atoms with Crippen molar-refractivity contribution >= 4 is 8.32 Å². The van der Waals surface area contributed by atoms with Gasteiger partial charge in [0.2, 0.25) is 8.32 Å². The maximum atomic E-state index is 9.92. The van der Waals surface area contributed by atoms with Crippen LogP contribution in [0.5, 0.6) is 5.75 Å². The molecule has 1 unspecified atom stereocenters. The summed E-state index contributed by atoms with van der Waals surface area (Å²) in [4.78, 5) is 0. The first-order valence-corrected chi connectivity index (χ1v) is 11.6. The second-order valence-corrected chi connectivity index (χ2v) is 12.7. The normalized spacial score (nSPS) is 13.6. The van der Waals surface area contributed by atoms with Crippen molar-refractivity contribution < 1.29 is 9.53 Å². The predicted molar refractivity (Wildman–Crippen MR) is 105 cm³/mol. The minimum Gasteiger partial charge on any atom is -0.543 e. The van der Waals surface area contributed by atoms with E-state index in [1.807, 2.05) is 31.2 Å². The lowest BCUT2D eigenvalue weighted by Gasteiger charge is -2.36. The van der Waals surface area contributed by atoms with Crippen molar-refractivity contribution in [2.24, 2.45) is 0 Å². The van der Waals surface area contributed by atoms with E-state index in [0.29, 0.717) is 0 Å². The van der Waals surface area contributed by atoms with Crippen molar-refractivity contribution in [1.82, 2.24) is 0 Å². The van der Waals surface area contributed by atoms with E-state index in [1.54, 1.807) is 0 Å². The van der Waals surface area contributed by atoms with Gasteiger partial charge in [-0.1, -0.05) is 64.1 Å². The first-order chi connectivity index (χ1) is 11.1. The second-order valence-electron chi connectivity index (χ2n) is 7.94. The lowest BCUT2D eigenvalue weighted by Crippen LogP contribution is -2.43. The van der Waals surface area contributed by atoms with Crippen molar-refractivity contribution in [3.8, 4) is 16.9 Å². The third kappa shape index (κ3) is 4.28. The molecule has 0 aromatic heterocycles. The third-order valence-electron chi connectivity index (χ3n) is 5.03. The summed E-state index contributed by atoms with van der Waals surface area (Å²) in [6, 6.07) is 16.5. The maximum absolute atomic E-state index is 9.92. The number of rotatable bonds is 5. The number of hydrogen-bond donors (Lipinski definition) is 1. The summed E-state index contributed by atoms with van der Waals surface area (Å²) in [5.41, 5.74) is 3.25. The highest BCUT2D eigenvalue weighted by molar-refractivity contribution is 6.74. The second kappa shape index (κ2) is 7.12. The van der Waals surface area contributed by atoms with Gasteiger partial charge >= 0.3 is 0 Å². The average Bonchev–Trinajstić information content (AvgIpc) is 2.53. The molecule has 2 aromatic rings. The zero-order chi connectivity index (χ0) is 18.0. The monoisotopic (exact) mass is 342 g/mol. The van der Waals surface area contributed by atoms with Gasteiger partial charge in [0, 0.05) is 0 Å². The van der Waals surface area contributed by atoms with E-state index in [9.17, 15) is 5.11 Å². The molecule has 0 bridgehead atoms. The van der Waals surface area contributed by atoms with Gasteiger partial charge in [-0.25, -0.2) is 0 Å². The molecule has 0 aliphatic carbocycles. The Morgan fingerprint density at radius 2 is 1.62 bits per heavy atom. The van der Waals surface area contributed by atoms with E-state index < -0.39 is 8.32 Å². The molecular formula is C21H30O2Si. The van der Waals surface area contributed by atoms with Crippen LogP contribution >= 0.6 is 0 Å². The van der Waals surface area contributed by atoms with Crippen LogP contribution in [-0.2, 0) is 0 Å². The number of aliphatic hydroxyl groups excluding tert-OH is 1. The van der Waals surface area contributed by atoms with Crippen LogP contribution in [0, 0.1) is 0 Å². The van der Waals surface area contributed by atoms with Crippen LogP contribution in [0.15, 0.2) is 48.5 Å². The Bertz CT molecular complexity index is 669. The van der Waals surface area contributed by atoms with Crippen LogP contribution in [0.2, 0.25) is 18.1 Å². The molecule has 1 atom stereocenters. The number of aliphatic hydroxyl groups is 1. The molecule has 3 heteroatoms. The molecule has 0 saturated carbocycles. The Balaban J connectivity index is 2.24. The topological polar surface area (TPSA) is 29.5 Å². The zero-order valence-electron chi connectivity index (χ0n) is 15.8. The van der Waals surface area contributed by atoms with Crippen LogP contribution in [0.4, 0.5) is 0 Å². The first-order valence-electron chi connectivity index (χ1n) is 8.71. The zero-order valence-corrected chi connectivity index (χ0v) is 16.8. The molecule has 2 nitrogen and oxygen atoms in total. The van der Waals surface area contributed by atoms with Crippen molar-refractivity contribution in [3.63, 3.8) is 0 Å². The largest absolute Gasteiger partial charge is 0.543 e. The van der Waals surface area contributed by atoms with Crippen LogP contribution < -0.4 is 4.43 Å². The maximum Gasteiger partial charge on any atom is 0.250 e. The molecule has 0 fully saturated rings. The molecule has 2 aromatic carbocycles. The first kappa shape index (κ1) is 18.8. The van der Waals surface area contributed by atoms with E-state index in [1.165, 1.54) is 0 Å². The van der Waals surface area contributed by atoms with E-state index in [2.05, 4.69) is 58.1 Å². The Kier molecular flexibility index (Phi) is 5.56. The molecule has 0 aliphatic rings. The van der Waals surface area contributed by atoms with E-state index in [4.69, 9.17) is 4.43 Å². The van der Waals surface area contributed by atoms with Crippen LogP contribution in [0.1, 0.15) is 45.8 Å². The molecule has 0 aliphatic heterocycles. The summed E-state index contributed by atoms with van der Waals surface area (Å²) < 4.78 is 6.41. The molecule has 130 valence electrons.